The Morgan fingerprint density at radius 1 is 1.36 bits per heavy atom. The van der Waals surface area contributed by atoms with E-state index in [4.69, 9.17) is 21.7 Å². The minimum atomic E-state index is -0.358. The number of methoxy groups -OCH3 is 1. The molecule has 25 heavy (non-hydrogen) atoms. The molecule has 1 heterocycles. The fourth-order valence-electron chi connectivity index (χ4n) is 2.12. The number of nitrogens with zero attached hydrogens (tertiary/aromatic N) is 3. The van der Waals surface area contributed by atoms with Crippen molar-refractivity contribution in [2.75, 3.05) is 13.7 Å². The molecule has 2 aromatic rings. The Hall–Kier alpha value is -2.48. The number of aromatic amines is 1. The summed E-state index contributed by atoms with van der Waals surface area (Å²) >= 11 is 5.04. The van der Waals surface area contributed by atoms with Crippen molar-refractivity contribution >= 4 is 18.4 Å². The molecule has 2 rings (SSSR count). The van der Waals surface area contributed by atoms with Crippen molar-refractivity contribution in [1.82, 2.24) is 14.9 Å². The second-order valence-corrected chi connectivity index (χ2v) is 5.83. The van der Waals surface area contributed by atoms with E-state index in [0.717, 1.165) is 29.5 Å². The molecule has 1 aromatic carbocycles. The lowest BCUT2D eigenvalue weighted by molar-refractivity contribution is 0.286. The zero-order valence-corrected chi connectivity index (χ0v) is 15.4. The van der Waals surface area contributed by atoms with Crippen LogP contribution in [0, 0.1) is 11.7 Å². The maximum Gasteiger partial charge on any atom is 0.296 e. The minimum absolute atomic E-state index is 0.134. The SMILES string of the molecule is CCCCCOc1ccc(/C=N/n2c(=S)[nH]nc(C)c2=O)cc1OC. The Labute approximate surface area is 151 Å². The standard InChI is InChI=1S/C17H22N4O3S/c1-4-5-6-9-24-14-8-7-13(10-15(14)23-3)11-18-21-16(22)12(2)19-20-17(21)25/h7-8,10-11H,4-6,9H2,1-3H3,(H,20,25)/b18-11+. The molecule has 0 bridgehead atoms. The Kier molecular flexibility index (Phi) is 6.88. The third-order valence-electron chi connectivity index (χ3n) is 3.53. The lowest BCUT2D eigenvalue weighted by Gasteiger charge is -2.11. The highest BCUT2D eigenvalue weighted by Crippen LogP contribution is 2.27. The molecule has 7 nitrogen and oxygen atoms in total. The number of rotatable bonds is 8. The smallest absolute Gasteiger partial charge is 0.296 e. The lowest BCUT2D eigenvalue weighted by Crippen LogP contribution is -2.22. The average molecular weight is 362 g/mol. The molecule has 0 saturated carbocycles. The van der Waals surface area contributed by atoms with Crippen LogP contribution in [0.2, 0.25) is 0 Å². The summed E-state index contributed by atoms with van der Waals surface area (Å²) in [5.41, 5.74) is 0.690. The van der Waals surface area contributed by atoms with Gasteiger partial charge in [0, 0.05) is 0 Å². The van der Waals surface area contributed by atoms with Gasteiger partial charge in [0.25, 0.3) is 5.56 Å². The van der Waals surface area contributed by atoms with E-state index >= 15 is 0 Å². The van der Waals surface area contributed by atoms with Crippen molar-refractivity contribution in [2.45, 2.75) is 33.1 Å². The fourth-order valence-corrected chi connectivity index (χ4v) is 2.30. The second kappa shape index (κ2) is 9.12. The van der Waals surface area contributed by atoms with E-state index < -0.39 is 0 Å². The van der Waals surface area contributed by atoms with Gasteiger partial charge in [0.05, 0.1) is 19.9 Å². The fraction of sp³-hybridized carbons (Fsp3) is 0.412. The van der Waals surface area contributed by atoms with Gasteiger partial charge in [-0.3, -0.25) is 9.89 Å². The van der Waals surface area contributed by atoms with Crippen LogP contribution < -0.4 is 15.0 Å². The number of aromatic nitrogens is 3. The number of hydrogen-bond acceptors (Lipinski definition) is 6. The molecule has 1 N–H and O–H groups in total. The summed E-state index contributed by atoms with van der Waals surface area (Å²) in [6.45, 7) is 4.39. The largest absolute Gasteiger partial charge is 0.493 e. The Bertz CT molecular complexity index is 858. The Balaban J connectivity index is 2.20. The topological polar surface area (TPSA) is 81.5 Å². The minimum Gasteiger partial charge on any atom is -0.493 e. The third-order valence-corrected chi connectivity index (χ3v) is 3.79. The molecule has 0 fully saturated rings. The lowest BCUT2D eigenvalue weighted by atomic mass is 10.2. The van der Waals surface area contributed by atoms with Crippen molar-refractivity contribution in [3.05, 3.63) is 44.6 Å². The van der Waals surface area contributed by atoms with Gasteiger partial charge in [-0.25, -0.2) is 0 Å². The maximum atomic E-state index is 12.0. The van der Waals surface area contributed by atoms with Gasteiger partial charge in [0.1, 0.15) is 5.69 Å². The van der Waals surface area contributed by atoms with Gasteiger partial charge in [-0.05, 0) is 49.3 Å². The van der Waals surface area contributed by atoms with E-state index in [2.05, 4.69) is 22.2 Å². The number of hydrogen-bond donors (Lipinski definition) is 1. The quantitative estimate of drug-likeness (QED) is 0.443. The molecule has 0 aliphatic heterocycles. The number of H-pyrrole nitrogens is 1. The highest BCUT2D eigenvalue weighted by atomic mass is 32.1. The Morgan fingerprint density at radius 2 is 2.16 bits per heavy atom. The summed E-state index contributed by atoms with van der Waals surface area (Å²) in [5, 5.41) is 10.5. The zero-order valence-electron chi connectivity index (χ0n) is 14.6. The predicted octanol–water partition coefficient (Wildman–Crippen LogP) is 3.07. The van der Waals surface area contributed by atoms with E-state index in [-0.39, 0.29) is 10.3 Å². The molecular formula is C17H22N4O3S. The van der Waals surface area contributed by atoms with Crippen LogP contribution in [0.25, 0.3) is 0 Å². The molecule has 0 atom stereocenters. The van der Waals surface area contributed by atoms with E-state index in [9.17, 15) is 4.79 Å². The second-order valence-electron chi connectivity index (χ2n) is 5.44. The average Bonchev–Trinajstić information content (AvgIpc) is 2.62. The molecule has 0 saturated heterocycles. The highest BCUT2D eigenvalue weighted by molar-refractivity contribution is 7.71. The van der Waals surface area contributed by atoms with Gasteiger partial charge in [-0.1, -0.05) is 19.8 Å². The third kappa shape index (κ3) is 4.99. The van der Waals surface area contributed by atoms with E-state index in [1.807, 2.05) is 12.1 Å². The van der Waals surface area contributed by atoms with Gasteiger partial charge in [0.15, 0.2) is 11.5 Å². The van der Waals surface area contributed by atoms with Gasteiger partial charge >= 0.3 is 0 Å². The van der Waals surface area contributed by atoms with Crippen LogP contribution in [0.5, 0.6) is 11.5 Å². The Morgan fingerprint density at radius 3 is 2.88 bits per heavy atom. The summed E-state index contributed by atoms with van der Waals surface area (Å²) in [6.07, 6.45) is 4.82. The van der Waals surface area contributed by atoms with Crippen LogP contribution >= 0.6 is 12.2 Å². The monoisotopic (exact) mass is 362 g/mol. The number of unbranched alkanes of at least 4 members (excludes halogenated alkanes) is 2. The number of benzene rings is 1. The van der Waals surface area contributed by atoms with E-state index in [1.165, 1.54) is 6.21 Å². The van der Waals surface area contributed by atoms with Crippen molar-refractivity contribution in [3.8, 4) is 11.5 Å². The molecule has 0 radical (unpaired) electrons. The summed E-state index contributed by atoms with van der Waals surface area (Å²) in [4.78, 5) is 12.0. The van der Waals surface area contributed by atoms with Crippen LogP contribution in [0.4, 0.5) is 0 Å². The van der Waals surface area contributed by atoms with E-state index in [0.29, 0.717) is 23.8 Å². The molecular weight excluding hydrogens is 340 g/mol. The van der Waals surface area contributed by atoms with Crippen molar-refractivity contribution in [2.24, 2.45) is 5.10 Å². The summed E-state index contributed by atoms with van der Waals surface area (Å²) in [6, 6.07) is 5.46. The van der Waals surface area contributed by atoms with Crippen molar-refractivity contribution in [1.29, 1.82) is 0 Å². The maximum absolute atomic E-state index is 12.0. The van der Waals surface area contributed by atoms with E-state index in [1.54, 1.807) is 20.1 Å². The molecule has 0 aliphatic carbocycles. The van der Waals surface area contributed by atoms with Gasteiger partial charge in [-0.15, -0.1) is 0 Å². The van der Waals surface area contributed by atoms with Crippen molar-refractivity contribution < 1.29 is 9.47 Å². The van der Waals surface area contributed by atoms with Crippen LogP contribution in [0.3, 0.4) is 0 Å². The first-order chi connectivity index (χ1) is 12.1. The molecule has 8 heteroatoms. The first-order valence-electron chi connectivity index (χ1n) is 8.10. The molecule has 1 aromatic heterocycles. The number of nitrogens with one attached hydrogen (secondary N) is 1. The molecule has 0 aliphatic rings. The first-order valence-corrected chi connectivity index (χ1v) is 8.51. The number of ether oxygens (including phenoxy) is 2. The molecule has 0 amide bonds. The predicted molar refractivity (Wildman–Crippen MR) is 99.4 cm³/mol. The van der Waals surface area contributed by atoms with Gasteiger partial charge in [-0.2, -0.15) is 14.9 Å². The van der Waals surface area contributed by atoms with Gasteiger partial charge < -0.3 is 9.47 Å². The van der Waals surface area contributed by atoms with Crippen LogP contribution in [-0.2, 0) is 0 Å². The van der Waals surface area contributed by atoms with Crippen LogP contribution in [0.15, 0.2) is 28.1 Å². The summed E-state index contributed by atoms with van der Waals surface area (Å²) in [5.74, 6) is 1.30. The first kappa shape index (κ1) is 18.9. The van der Waals surface area contributed by atoms with Crippen LogP contribution in [0.1, 0.15) is 37.4 Å². The van der Waals surface area contributed by atoms with Crippen molar-refractivity contribution in [3.63, 3.8) is 0 Å². The normalized spacial score (nSPS) is 11.0. The summed E-state index contributed by atoms with van der Waals surface area (Å²) < 4.78 is 12.3. The zero-order chi connectivity index (χ0) is 18.2. The number of aryl methyl sites for hydroxylation is 1. The van der Waals surface area contributed by atoms with Crippen LogP contribution in [-0.4, -0.2) is 34.8 Å². The summed E-state index contributed by atoms with van der Waals surface area (Å²) in [7, 11) is 1.59. The molecule has 134 valence electrons. The molecule has 0 unspecified atom stereocenters. The highest BCUT2D eigenvalue weighted by Gasteiger charge is 2.06. The molecule has 0 spiro atoms. The van der Waals surface area contributed by atoms with Gasteiger partial charge in [0.2, 0.25) is 4.77 Å².